The molecule has 0 aromatic carbocycles. The molecule has 2 rings (SSSR count). The zero-order valence-electron chi connectivity index (χ0n) is 10.9. The summed E-state index contributed by atoms with van der Waals surface area (Å²) in [6.45, 7) is 1.95. The maximum absolute atomic E-state index is 11.0. The third kappa shape index (κ3) is 3.65. The van der Waals surface area contributed by atoms with Gasteiger partial charge in [-0.15, -0.1) is 0 Å². The van der Waals surface area contributed by atoms with Crippen molar-refractivity contribution in [3.8, 4) is 11.1 Å². The molecule has 0 heterocycles. The van der Waals surface area contributed by atoms with Gasteiger partial charge in [-0.05, 0) is 29.2 Å². The molecule has 0 atom stereocenters. The average Bonchev–Trinajstić information content (AvgIpc) is 2.39. The molecule has 2 aliphatic rings. The van der Waals surface area contributed by atoms with Gasteiger partial charge in [0, 0.05) is 0 Å². The van der Waals surface area contributed by atoms with Crippen molar-refractivity contribution in [1.29, 1.82) is 0 Å². The van der Waals surface area contributed by atoms with E-state index in [-0.39, 0.29) is 37.1 Å². The zero-order chi connectivity index (χ0) is 11.8. The van der Waals surface area contributed by atoms with Crippen LogP contribution in [0.1, 0.15) is 12.6 Å². The minimum atomic E-state index is -4.00. The Morgan fingerprint density at radius 3 is 2.35 bits per heavy atom. The first-order chi connectivity index (χ1) is 7.47. The standard InChI is InChI=1S/C12H13O3P.Na.H/c1-9-7-10(8-16(13,14)15)12-6-4-2-3-5-11(9)12;;/h2-7H,8H2,1H3,(H2,13,14,15);;/q;+1;-1. The summed E-state index contributed by atoms with van der Waals surface area (Å²) in [6.07, 6.45) is -0.193. The molecule has 5 heteroatoms. The van der Waals surface area contributed by atoms with Gasteiger partial charge in [-0.1, -0.05) is 36.4 Å². The smallest absolute Gasteiger partial charge is 1.00 e. The fourth-order valence-corrected chi connectivity index (χ4v) is 2.65. The third-order valence-corrected chi connectivity index (χ3v) is 3.33. The predicted octanol–water partition coefficient (Wildman–Crippen LogP) is -0.106. The van der Waals surface area contributed by atoms with E-state index in [2.05, 4.69) is 0 Å². The van der Waals surface area contributed by atoms with E-state index in [1.165, 1.54) is 0 Å². The van der Waals surface area contributed by atoms with Crippen LogP contribution in [-0.2, 0) is 10.7 Å². The van der Waals surface area contributed by atoms with Crippen molar-refractivity contribution in [2.75, 3.05) is 0 Å². The topological polar surface area (TPSA) is 57.5 Å². The molecule has 0 aliphatic heterocycles. The number of fused-ring (bicyclic) bond motifs is 1. The van der Waals surface area contributed by atoms with E-state index < -0.39 is 7.60 Å². The summed E-state index contributed by atoms with van der Waals surface area (Å²) in [7, 11) is -4.00. The summed E-state index contributed by atoms with van der Waals surface area (Å²) < 4.78 is 11.0. The molecule has 2 aliphatic carbocycles. The number of hydrogen-bond acceptors (Lipinski definition) is 1. The van der Waals surface area contributed by atoms with Gasteiger partial charge in [-0.25, -0.2) is 0 Å². The van der Waals surface area contributed by atoms with Crippen LogP contribution in [-0.4, -0.2) is 9.79 Å². The number of rotatable bonds is 2. The molecule has 0 saturated heterocycles. The van der Waals surface area contributed by atoms with Gasteiger partial charge in [0.15, 0.2) is 0 Å². The molecular weight excluding hydrogens is 246 g/mol. The summed E-state index contributed by atoms with van der Waals surface area (Å²) in [5, 5.41) is 0. The summed E-state index contributed by atoms with van der Waals surface area (Å²) in [4.78, 5) is 18.0. The van der Waals surface area contributed by atoms with E-state index in [1.54, 1.807) is 0 Å². The fourth-order valence-electron chi connectivity index (χ4n) is 1.94. The van der Waals surface area contributed by atoms with Crippen LogP contribution in [0.25, 0.3) is 11.1 Å². The number of hydrogen-bond donors (Lipinski definition) is 2. The monoisotopic (exact) mass is 260 g/mol. The van der Waals surface area contributed by atoms with E-state index in [0.717, 1.165) is 22.3 Å². The van der Waals surface area contributed by atoms with Gasteiger partial charge >= 0.3 is 37.2 Å². The van der Waals surface area contributed by atoms with Crippen molar-refractivity contribution in [3.63, 3.8) is 0 Å². The molecule has 0 bridgehead atoms. The van der Waals surface area contributed by atoms with E-state index in [9.17, 15) is 4.57 Å². The minimum absolute atomic E-state index is 0. The van der Waals surface area contributed by atoms with Crippen LogP contribution in [0.5, 0.6) is 0 Å². The van der Waals surface area contributed by atoms with Gasteiger partial charge in [0.25, 0.3) is 0 Å². The summed E-state index contributed by atoms with van der Waals surface area (Å²) in [5.74, 6) is 0. The zero-order valence-corrected chi connectivity index (χ0v) is 12.8. The van der Waals surface area contributed by atoms with Crippen molar-refractivity contribution in [2.24, 2.45) is 0 Å². The molecule has 0 aromatic rings. The van der Waals surface area contributed by atoms with Crippen molar-refractivity contribution < 1.29 is 45.3 Å². The normalized spacial score (nSPS) is 11.2. The largest absolute Gasteiger partial charge is 1.00 e. The van der Waals surface area contributed by atoms with E-state index in [1.807, 2.05) is 43.3 Å². The average molecular weight is 260 g/mol. The van der Waals surface area contributed by atoms with Crippen molar-refractivity contribution in [3.05, 3.63) is 47.5 Å². The molecule has 0 unspecified atom stereocenters. The maximum Gasteiger partial charge on any atom is 1.00 e. The van der Waals surface area contributed by atoms with Crippen LogP contribution in [0.15, 0.2) is 36.4 Å². The molecule has 0 amide bonds. The second kappa shape index (κ2) is 5.66. The van der Waals surface area contributed by atoms with Gasteiger partial charge < -0.3 is 11.2 Å². The van der Waals surface area contributed by atoms with E-state index >= 15 is 0 Å². The Labute approximate surface area is 124 Å². The van der Waals surface area contributed by atoms with Crippen LogP contribution in [0.2, 0.25) is 0 Å². The Bertz CT molecular complexity index is 541. The van der Waals surface area contributed by atoms with Gasteiger partial charge in [0.1, 0.15) is 0 Å². The Hall–Kier alpha value is -0.150. The van der Waals surface area contributed by atoms with Crippen LogP contribution in [0, 0.1) is 6.92 Å². The third-order valence-electron chi connectivity index (χ3n) is 2.58. The molecular formula is C12H14NaO3P. The first kappa shape index (κ1) is 14.9. The van der Waals surface area contributed by atoms with Crippen molar-refractivity contribution >= 4 is 7.60 Å². The van der Waals surface area contributed by atoms with Crippen LogP contribution in [0.4, 0.5) is 0 Å². The second-order valence-corrected chi connectivity index (χ2v) is 5.56. The fraction of sp³-hybridized carbons (Fsp3) is 0.167. The molecule has 0 fully saturated rings. The number of aryl methyl sites for hydroxylation is 1. The van der Waals surface area contributed by atoms with Gasteiger partial charge in [-0.2, -0.15) is 0 Å². The SMILES string of the molecule is Cc1cc(CP(=O)(O)O)c2cccccc1-2.[H-].[Na+]. The van der Waals surface area contributed by atoms with Crippen LogP contribution < -0.4 is 29.6 Å². The van der Waals surface area contributed by atoms with Crippen molar-refractivity contribution in [1.82, 2.24) is 0 Å². The maximum atomic E-state index is 11.0. The summed E-state index contributed by atoms with van der Waals surface area (Å²) >= 11 is 0. The van der Waals surface area contributed by atoms with Gasteiger partial charge in [0.2, 0.25) is 0 Å². The first-order valence-electron chi connectivity index (χ1n) is 4.99. The second-order valence-electron chi connectivity index (χ2n) is 3.91. The Balaban J connectivity index is 0.00000144. The summed E-state index contributed by atoms with van der Waals surface area (Å²) in [6, 6.07) is 11.4. The minimum Gasteiger partial charge on any atom is -1.00 e. The predicted molar refractivity (Wildman–Crippen MR) is 64.7 cm³/mol. The van der Waals surface area contributed by atoms with E-state index in [0.29, 0.717) is 0 Å². The summed E-state index contributed by atoms with van der Waals surface area (Å²) in [5.41, 5.74) is 3.74. The van der Waals surface area contributed by atoms with Crippen LogP contribution >= 0.6 is 7.60 Å². The molecule has 0 aromatic heterocycles. The molecule has 17 heavy (non-hydrogen) atoms. The molecule has 0 saturated carbocycles. The molecule has 86 valence electrons. The van der Waals surface area contributed by atoms with Gasteiger partial charge in [0.05, 0.1) is 6.16 Å². The first-order valence-corrected chi connectivity index (χ1v) is 6.79. The van der Waals surface area contributed by atoms with Crippen LogP contribution in [0.3, 0.4) is 0 Å². The molecule has 0 radical (unpaired) electrons. The molecule has 2 N–H and O–H groups in total. The Morgan fingerprint density at radius 2 is 1.76 bits per heavy atom. The van der Waals surface area contributed by atoms with Crippen molar-refractivity contribution in [2.45, 2.75) is 13.1 Å². The molecule has 3 nitrogen and oxygen atoms in total. The Kier molecular flexibility index (Phi) is 4.96. The quantitative estimate of drug-likeness (QED) is 0.585. The van der Waals surface area contributed by atoms with E-state index in [4.69, 9.17) is 9.79 Å². The van der Waals surface area contributed by atoms with Gasteiger partial charge in [-0.3, -0.25) is 4.57 Å². The Morgan fingerprint density at radius 1 is 1.18 bits per heavy atom. The molecule has 0 spiro atoms.